The lowest BCUT2D eigenvalue weighted by atomic mass is 10.2. The topological polar surface area (TPSA) is 46.2 Å². The molecule has 2 aromatic carbocycles. The number of nitrogens with one attached hydrogen (secondary N) is 1. The van der Waals surface area contributed by atoms with E-state index in [1.165, 1.54) is 0 Å². The van der Waals surface area contributed by atoms with Crippen molar-refractivity contribution in [3.63, 3.8) is 0 Å². The van der Waals surface area contributed by atoms with Gasteiger partial charge in [0, 0.05) is 5.69 Å². The van der Waals surface area contributed by atoms with Crippen LogP contribution in [0.5, 0.6) is 0 Å². The molecular formula is C14H14NO2S. The predicted octanol–water partition coefficient (Wildman–Crippen LogP) is 2.90. The van der Waals surface area contributed by atoms with E-state index in [0.717, 1.165) is 11.1 Å². The van der Waals surface area contributed by atoms with Crippen LogP contribution in [0.3, 0.4) is 0 Å². The molecule has 0 spiro atoms. The van der Waals surface area contributed by atoms with Gasteiger partial charge < -0.3 is 0 Å². The van der Waals surface area contributed by atoms with Crippen LogP contribution in [0.1, 0.15) is 11.1 Å². The molecule has 0 bridgehead atoms. The number of hydrogen-bond donors (Lipinski definition) is 1. The molecule has 3 nitrogen and oxygen atoms in total. The SMILES string of the molecule is Cc1[c]ccc(NS(=O)(=O)c2cccc(C)c2)c1. The summed E-state index contributed by atoms with van der Waals surface area (Å²) in [6.45, 7) is 3.73. The molecule has 2 aromatic rings. The van der Waals surface area contributed by atoms with E-state index in [-0.39, 0.29) is 4.90 Å². The Kier molecular flexibility index (Phi) is 3.39. The summed E-state index contributed by atoms with van der Waals surface area (Å²) in [5.74, 6) is 0. The lowest BCUT2D eigenvalue weighted by Gasteiger charge is -2.09. The Morgan fingerprint density at radius 3 is 2.56 bits per heavy atom. The van der Waals surface area contributed by atoms with Gasteiger partial charge in [0.1, 0.15) is 0 Å². The Bertz CT molecular complexity index is 663. The van der Waals surface area contributed by atoms with E-state index in [1.54, 1.807) is 36.4 Å². The van der Waals surface area contributed by atoms with Crippen LogP contribution in [0, 0.1) is 19.9 Å². The molecule has 0 saturated heterocycles. The number of benzene rings is 2. The minimum absolute atomic E-state index is 0.271. The van der Waals surface area contributed by atoms with Crippen LogP contribution in [0.4, 0.5) is 5.69 Å². The molecular weight excluding hydrogens is 246 g/mol. The first kappa shape index (κ1) is 12.6. The number of anilines is 1. The monoisotopic (exact) mass is 260 g/mol. The molecule has 1 radical (unpaired) electrons. The molecule has 0 fully saturated rings. The van der Waals surface area contributed by atoms with E-state index in [2.05, 4.69) is 10.8 Å². The van der Waals surface area contributed by atoms with Crippen LogP contribution in [0.25, 0.3) is 0 Å². The molecule has 0 unspecified atom stereocenters. The molecule has 0 aromatic heterocycles. The molecule has 0 aliphatic rings. The Hall–Kier alpha value is -1.81. The molecule has 0 atom stereocenters. The van der Waals surface area contributed by atoms with Gasteiger partial charge in [-0.1, -0.05) is 18.2 Å². The van der Waals surface area contributed by atoms with Gasteiger partial charge in [-0.25, -0.2) is 8.42 Å². The minimum atomic E-state index is -3.52. The molecule has 4 heteroatoms. The summed E-state index contributed by atoms with van der Waals surface area (Å²) in [5.41, 5.74) is 2.35. The standard InChI is InChI=1S/C14H14NO2S/c1-11-5-3-7-13(9-11)15-18(16,17)14-8-4-6-12(2)10-14/h3-4,6-10,15H,1-2H3. The van der Waals surface area contributed by atoms with Crippen molar-refractivity contribution in [3.05, 3.63) is 59.7 Å². The van der Waals surface area contributed by atoms with Gasteiger partial charge in [0.15, 0.2) is 0 Å². The van der Waals surface area contributed by atoms with E-state index in [9.17, 15) is 8.42 Å². The largest absolute Gasteiger partial charge is 0.280 e. The zero-order valence-electron chi connectivity index (χ0n) is 10.3. The van der Waals surface area contributed by atoms with Gasteiger partial charge >= 0.3 is 0 Å². The van der Waals surface area contributed by atoms with Crippen molar-refractivity contribution in [1.82, 2.24) is 0 Å². The Morgan fingerprint density at radius 1 is 1.11 bits per heavy atom. The van der Waals surface area contributed by atoms with E-state index in [1.807, 2.05) is 19.9 Å². The fraction of sp³-hybridized carbons (Fsp3) is 0.143. The van der Waals surface area contributed by atoms with Crippen LogP contribution in [0.2, 0.25) is 0 Å². The third kappa shape index (κ3) is 2.90. The summed E-state index contributed by atoms with van der Waals surface area (Å²) >= 11 is 0. The molecule has 0 saturated carbocycles. The maximum absolute atomic E-state index is 12.1. The summed E-state index contributed by atoms with van der Waals surface area (Å²) < 4.78 is 26.8. The molecule has 0 aliphatic heterocycles. The molecule has 93 valence electrons. The van der Waals surface area contributed by atoms with Gasteiger partial charge in [0.2, 0.25) is 0 Å². The van der Waals surface area contributed by atoms with Gasteiger partial charge in [0.05, 0.1) is 4.90 Å². The highest BCUT2D eigenvalue weighted by Gasteiger charge is 2.13. The van der Waals surface area contributed by atoms with Gasteiger partial charge in [-0.3, -0.25) is 4.72 Å². The van der Waals surface area contributed by atoms with Crippen molar-refractivity contribution in [3.8, 4) is 0 Å². The van der Waals surface area contributed by atoms with Crippen molar-refractivity contribution in [2.75, 3.05) is 4.72 Å². The van der Waals surface area contributed by atoms with Gasteiger partial charge in [-0.15, -0.1) is 0 Å². The molecule has 0 aliphatic carbocycles. The summed E-state index contributed by atoms with van der Waals surface area (Å²) in [5, 5.41) is 0. The molecule has 2 rings (SSSR count). The van der Waals surface area contributed by atoms with Crippen LogP contribution in [-0.2, 0) is 10.0 Å². The number of sulfonamides is 1. The molecule has 18 heavy (non-hydrogen) atoms. The quantitative estimate of drug-likeness (QED) is 0.922. The molecule has 0 heterocycles. The Labute approximate surface area is 108 Å². The van der Waals surface area contributed by atoms with E-state index < -0.39 is 10.0 Å². The number of rotatable bonds is 3. The minimum Gasteiger partial charge on any atom is -0.280 e. The van der Waals surface area contributed by atoms with Crippen molar-refractivity contribution >= 4 is 15.7 Å². The predicted molar refractivity (Wildman–Crippen MR) is 72.0 cm³/mol. The Morgan fingerprint density at radius 2 is 1.89 bits per heavy atom. The fourth-order valence-corrected chi connectivity index (χ4v) is 2.80. The van der Waals surface area contributed by atoms with Crippen molar-refractivity contribution in [2.24, 2.45) is 0 Å². The van der Waals surface area contributed by atoms with Crippen LogP contribution in [0.15, 0.2) is 47.4 Å². The van der Waals surface area contributed by atoms with Crippen LogP contribution in [-0.4, -0.2) is 8.42 Å². The average Bonchev–Trinajstić information content (AvgIpc) is 2.28. The van der Waals surface area contributed by atoms with Crippen molar-refractivity contribution in [2.45, 2.75) is 18.7 Å². The highest BCUT2D eigenvalue weighted by atomic mass is 32.2. The second-order valence-corrected chi connectivity index (χ2v) is 5.86. The fourth-order valence-electron chi connectivity index (χ4n) is 1.65. The van der Waals surface area contributed by atoms with Crippen LogP contribution >= 0.6 is 0 Å². The maximum Gasteiger partial charge on any atom is 0.261 e. The zero-order valence-corrected chi connectivity index (χ0v) is 11.1. The summed E-state index contributed by atoms with van der Waals surface area (Å²) in [4.78, 5) is 0.271. The van der Waals surface area contributed by atoms with Gasteiger partial charge in [-0.2, -0.15) is 0 Å². The average molecular weight is 260 g/mol. The number of aryl methyl sites for hydroxylation is 2. The lowest BCUT2D eigenvalue weighted by Crippen LogP contribution is -2.13. The summed E-state index contributed by atoms with van der Waals surface area (Å²) in [6, 6.07) is 14.9. The third-order valence-electron chi connectivity index (χ3n) is 2.50. The smallest absolute Gasteiger partial charge is 0.261 e. The third-order valence-corrected chi connectivity index (χ3v) is 3.88. The highest BCUT2D eigenvalue weighted by molar-refractivity contribution is 7.92. The van der Waals surface area contributed by atoms with Crippen molar-refractivity contribution < 1.29 is 8.42 Å². The normalized spacial score (nSPS) is 11.2. The summed E-state index contributed by atoms with van der Waals surface area (Å²) in [7, 11) is -3.52. The number of hydrogen-bond acceptors (Lipinski definition) is 2. The maximum atomic E-state index is 12.1. The highest BCUT2D eigenvalue weighted by Crippen LogP contribution is 2.17. The van der Waals surface area contributed by atoms with Crippen molar-refractivity contribution in [1.29, 1.82) is 0 Å². The van der Waals surface area contributed by atoms with E-state index in [4.69, 9.17) is 0 Å². The first-order valence-electron chi connectivity index (χ1n) is 5.55. The Balaban J connectivity index is 2.33. The molecule has 1 N–H and O–H groups in total. The molecule has 0 amide bonds. The second-order valence-electron chi connectivity index (χ2n) is 4.18. The summed E-state index contributed by atoms with van der Waals surface area (Å²) in [6.07, 6.45) is 0. The van der Waals surface area contributed by atoms with Crippen LogP contribution < -0.4 is 4.72 Å². The first-order chi connectivity index (χ1) is 8.47. The lowest BCUT2D eigenvalue weighted by molar-refractivity contribution is 0.601. The zero-order chi connectivity index (χ0) is 13.2. The first-order valence-corrected chi connectivity index (χ1v) is 7.03. The van der Waals surface area contributed by atoms with E-state index in [0.29, 0.717) is 5.69 Å². The second kappa shape index (κ2) is 4.82. The van der Waals surface area contributed by atoms with E-state index >= 15 is 0 Å². The van der Waals surface area contributed by atoms with Gasteiger partial charge in [0.25, 0.3) is 10.0 Å². The van der Waals surface area contributed by atoms with Gasteiger partial charge in [-0.05, 0) is 55.3 Å².